The number of aromatic nitrogens is 4. The number of unbranched alkanes of at least 4 members (excludes halogenated alkanes) is 2. The lowest BCUT2D eigenvalue weighted by Gasteiger charge is -2.32. The van der Waals surface area contributed by atoms with Crippen molar-refractivity contribution >= 4 is 11.6 Å². The number of nitrogens with zero attached hydrogens (tertiary/aromatic N) is 5. The highest BCUT2D eigenvalue weighted by Crippen LogP contribution is 2.38. The van der Waals surface area contributed by atoms with E-state index in [0.717, 1.165) is 80.2 Å². The molecule has 3 fully saturated rings. The summed E-state index contributed by atoms with van der Waals surface area (Å²) in [4.78, 5) is 24.4. The summed E-state index contributed by atoms with van der Waals surface area (Å²) in [5, 5.41) is 8.26. The molecule has 0 aliphatic heterocycles. The summed E-state index contributed by atoms with van der Waals surface area (Å²) in [5.41, 5.74) is 1.78. The van der Waals surface area contributed by atoms with Crippen LogP contribution in [0, 0.1) is 11.8 Å². The maximum absolute atomic E-state index is 13.3. The molecule has 0 radical (unpaired) electrons. The number of aryl methyl sites for hydroxylation is 1. The standard InChI is InChI=1S/C27H33N5O3/c33-27(20-6-4-7-20)32(15-3-1-2-10-24-29-25(31-34-24)19-13-14-19)22-9-5-8-21(17-22)26-28-23(30-35-26)16-18-11-12-18/h5,8-9,17-20H,1-4,6-7,10-16H2. The zero-order valence-corrected chi connectivity index (χ0v) is 20.2. The van der Waals surface area contributed by atoms with Crippen LogP contribution in [0.4, 0.5) is 5.69 Å². The Bertz CT molecular complexity index is 1160. The molecule has 3 aliphatic rings. The lowest BCUT2D eigenvalue weighted by molar-refractivity contribution is -0.124. The molecule has 0 N–H and O–H groups in total. The molecule has 0 spiro atoms. The summed E-state index contributed by atoms with van der Waals surface area (Å²) >= 11 is 0. The third-order valence-corrected chi connectivity index (χ3v) is 7.46. The average molecular weight is 476 g/mol. The summed E-state index contributed by atoms with van der Waals surface area (Å²) in [6.07, 6.45) is 12.6. The Morgan fingerprint density at radius 1 is 0.971 bits per heavy atom. The molecule has 2 aromatic heterocycles. The van der Waals surface area contributed by atoms with E-state index in [-0.39, 0.29) is 11.8 Å². The van der Waals surface area contributed by atoms with E-state index in [1.54, 1.807) is 0 Å². The molecule has 184 valence electrons. The van der Waals surface area contributed by atoms with Crippen molar-refractivity contribution in [3.8, 4) is 11.5 Å². The average Bonchev–Trinajstić information content (AvgIpc) is 3.75. The normalized spacial score (nSPS) is 17.9. The number of hydrogen-bond donors (Lipinski definition) is 0. The number of hydrogen-bond acceptors (Lipinski definition) is 7. The number of carbonyl (C=O) groups excluding carboxylic acids is 1. The molecular formula is C27H33N5O3. The third-order valence-electron chi connectivity index (χ3n) is 7.46. The molecule has 0 atom stereocenters. The van der Waals surface area contributed by atoms with Gasteiger partial charge < -0.3 is 13.9 Å². The van der Waals surface area contributed by atoms with Gasteiger partial charge in [0, 0.05) is 42.5 Å². The van der Waals surface area contributed by atoms with Gasteiger partial charge >= 0.3 is 0 Å². The molecule has 35 heavy (non-hydrogen) atoms. The van der Waals surface area contributed by atoms with Crippen molar-refractivity contribution in [1.29, 1.82) is 0 Å². The first-order chi connectivity index (χ1) is 17.2. The molecular weight excluding hydrogens is 442 g/mol. The quantitative estimate of drug-likeness (QED) is 0.319. The van der Waals surface area contributed by atoms with Crippen molar-refractivity contribution in [3.05, 3.63) is 41.8 Å². The number of anilines is 1. The predicted molar refractivity (Wildman–Crippen MR) is 130 cm³/mol. The van der Waals surface area contributed by atoms with Gasteiger partial charge in [-0.1, -0.05) is 29.2 Å². The first-order valence-electron chi connectivity index (χ1n) is 13.3. The Labute approximate surface area is 205 Å². The molecule has 6 rings (SSSR count). The lowest BCUT2D eigenvalue weighted by Crippen LogP contribution is -2.39. The summed E-state index contributed by atoms with van der Waals surface area (Å²) in [5.74, 6) is 4.53. The van der Waals surface area contributed by atoms with Crippen LogP contribution in [0.3, 0.4) is 0 Å². The van der Waals surface area contributed by atoms with Crippen LogP contribution in [0.25, 0.3) is 11.5 Å². The number of amides is 1. The van der Waals surface area contributed by atoms with Crippen molar-refractivity contribution in [2.45, 2.75) is 83.0 Å². The number of carbonyl (C=O) groups is 1. The second-order valence-electron chi connectivity index (χ2n) is 10.5. The van der Waals surface area contributed by atoms with Crippen molar-refractivity contribution < 1.29 is 13.8 Å². The van der Waals surface area contributed by atoms with E-state index in [1.807, 2.05) is 29.2 Å². The molecule has 8 heteroatoms. The Hall–Kier alpha value is -3.03. The first kappa shape index (κ1) is 22.4. The maximum atomic E-state index is 13.3. The molecule has 0 bridgehead atoms. The molecule has 3 saturated carbocycles. The first-order valence-corrected chi connectivity index (χ1v) is 13.3. The van der Waals surface area contributed by atoms with Crippen LogP contribution >= 0.6 is 0 Å². The molecule has 8 nitrogen and oxygen atoms in total. The van der Waals surface area contributed by atoms with E-state index < -0.39 is 0 Å². The van der Waals surface area contributed by atoms with Gasteiger partial charge in [-0.25, -0.2) is 0 Å². The van der Waals surface area contributed by atoms with Crippen molar-refractivity contribution in [2.24, 2.45) is 11.8 Å². The number of benzene rings is 1. The van der Waals surface area contributed by atoms with Crippen LogP contribution < -0.4 is 4.90 Å². The monoisotopic (exact) mass is 475 g/mol. The van der Waals surface area contributed by atoms with Gasteiger partial charge in [0.05, 0.1) is 0 Å². The van der Waals surface area contributed by atoms with Gasteiger partial charge in [-0.2, -0.15) is 9.97 Å². The maximum Gasteiger partial charge on any atom is 0.257 e. The van der Waals surface area contributed by atoms with E-state index in [4.69, 9.17) is 9.05 Å². The largest absolute Gasteiger partial charge is 0.339 e. The van der Waals surface area contributed by atoms with Gasteiger partial charge in [-0.3, -0.25) is 4.79 Å². The van der Waals surface area contributed by atoms with Gasteiger partial charge in [0.1, 0.15) is 0 Å². The fourth-order valence-electron chi connectivity index (χ4n) is 4.68. The van der Waals surface area contributed by atoms with Gasteiger partial charge in [-0.05, 0) is 75.5 Å². The van der Waals surface area contributed by atoms with Crippen LogP contribution in [0.2, 0.25) is 0 Å². The minimum atomic E-state index is 0.145. The Morgan fingerprint density at radius 3 is 2.63 bits per heavy atom. The Morgan fingerprint density at radius 2 is 1.86 bits per heavy atom. The van der Waals surface area contributed by atoms with E-state index in [1.165, 1.54) is 25.7 Å². The van der Waals surface area contributed by atoms with Gasteiger partial charge in [0.2, 0.25) is 11.8 Å². The van der Waals surface area contributed by atoms with Gasteiger partial charge in [0.25, 0.3) is 5.89 Å². The fourth-order valence-corrected chi connectivity index (χ4v) is 4.68. The van der Waals surface area contributed by atoms with Crippen molar-refractivity contribution in [2.75, 3.05) is 11.4 Å². The minimum Gasteiger partial charge on any atom is -0.339 e. The third kappa shape index (κ3) is 5.46. The van der Waals surface area contributed by atoms with Crippen LogP contribution in [-0.4, -0.2) is 32.7 Å². The smallest absolute Gasteiger partial charge is 0.257 e. The molecule has 0 saturated heterocycles. The molecule has 2 heterocycles. The number of rotatable bonds is 12. The minimum absolute atomic E-state index is 0.145. The predicted octanol–water partition coefficient (Wildman–Crippen LogP) is 5.50. The summed E-state index contributed by atoms with van der Waals surface area (Å²) in [7, 11) is 0. The second kappa shape index (κ2) is 9.91. The van der Waals surface area contributed by atoms with Gasteiger partial charge in [0.15, 0.2) is 11.6 Å². The van der Waals surface area contributed by atoms with E-state index >= 15 is 0 Å². The fraction of sp³-hybridized carbons (Fsp3) is 0.593. The zero-order chi connectivity index (χ0) is 23.6. The van der Waals surface area contributed by atoms with Crippen LogP contribution in [0.15, 0.2) is 33.3 Å². The second-order valence-corrected chi connectivity index (χ2v) is 10.5. The van der Waals surface area contributed by atoms with Crippen LogP contribution in [0.5, 0.6) is 0 Å². The topological polar surface area (TPSA) is 98.2 Å². The van der Waals surface area contributed by atoms with Crippen molar-refractivity contribution in [3.63, 3.8) is 0 Å². The van der Waals surface area contributed by atoms with Gasteiger partial charge in [-0.15, -0.1) is 0 Å². The SMILES string of the molecule is O=C(C1CCC1)N(CCCCCc1nc(C2CC2)no1)c1cccc(-c2nc(CC3CC3)no2)c1. The molecule has 3 aromatic rings. The molecule has 1 aromatic carbocycles. The summed E-state index contributed by atoms with van der Waals surface area (Å²) < 4.78 is 10.9. The van der Waals surface area contributed by atoms with E-state index in [9.17, 15) is 4.79 Å². The highest BCUT2D eigenvalue weighted by atomic mass is 16.5. The summed E-state index contributed by atoms with van der Waals surface area (Å²) in [6, 6.07) is 7.98. The van der Waals surface area contributed by atoms with E-state index in [0.29, 0.717) is 24.3 Å². The zero-order valence-electron chi connectivity index (χ0n) is 20.2. The molecule has 0 unspecified atom stereocenters. The van der Waals surface area contributed by atoms with Crippen molar-refractivity contribution in [1.82, 2.24) is 20.3 Å². The van der Waals surface area contributed by atoms with E-state index in [2.05, 4.69) is 20.3 Å². The Balaban J connectivity index is 1.08. The van der Waals surface area contributed by atoms with Crippen LogP contribution in [-0.2, 0) is 17.6 Å². The highest BCUT2D eigenvalue weighted by Gasteiger charge is 2.31. The lowest BCUT2D eigenvalue weighted by atomic mass is 9.84. The molecule has 1 amide bonds. The molecule has 3 aliphatic carbocycles. The highest BCUT2D eigenvalue weighted by molar-refractivity contribution is 5.96. The Kier molecular flexibility index (Phi) is 6.35. The van der Waals surface area contributed by atoms with Crippen LogP contribution in [0.1, 0.15) is 87.7 Å². The summed E-state index contributed by atoms with van der Waals surface area (Å²) in [6.45, 7) is 0.701.